The zero-order chi connectivity index (χ0) is 30.4. The Morgan fingerprint density at radius 2 is 1.50 bits per heavy atom. The molecule has 7 aromatic rings. The lowest BCUT2D eigenvalue weighted by atomic mass is 9.97. The average molecular weight is 577 g/mol. The molecule has 0 saturated heterocycles. The Kier molecular flexibility index (Phi) is 7.01. The van der Waals surface area contributed by atoms with Gasteiger partial charge in [0.05, 0.1) is 28.1 Å². The quantitative estimate of drug-likeness (QED) is 0.190. The Bertz CT molecular complexity index is 2170. The molecular formula is C39H36N4O. The summed E-state index contributed by atoms with van der Waals surface area (Å²) in [5.74, 6) is 2.43. The van der Waals surface area contributed by atoms with Crippen molar-refractivity contribution in [1.29, 1.82) is 0 Å². The van der Waals surface area contributed by atoms with Crippen molar-refractivity contribution in [1.82, 2.24) is 19.3 Å². The molecule has 5 nitrogen and oxygen atoms in total. The molecule has 0 saturated carbocycles. The van der Waals surface area contributed by atoms with Gasteiger partial charge in [0.25, 0.3) is 0 Å². The Hall–Kier alpha value is -5.16. The minimum atomic E-state index is 0.765. The molecule has 0 aliphatic rings. The fraction of sp³-hybridized carbons (Fsp3) is 0.179. The van der Waals surface area contributed by atoms with Gasteiger partial charge in [-0.2, -0.15) is 5.10 Å². The Labute approximate surface area is 258 Å². The van der Waals surface area contributed by atoms with Gasteiger partial charge >= 0.3 is 0 Å². The van der Waals surface area contributed by atoms with Crippen LogP contribution in [-0.2, 0) is 12.8 Å². The molecule has 0 amide bonds. The number of nitrogens with zero attached hydrogens (tertiary/aromatic N) is 4. The van der Waals surface area contributed by atoms with Gasteiger partial charge in [-0.3, -0.25) is 4.57 Å². The summed E-state index contributed by atoms with van der Waals surface area (Å²) in [6.07, 6.45) is 3.60. The van der Waals surface area contributed by atoms with Crippen LogP contribution in [0.15, 0.2) is 103 Å². The summed E-state index contributed by atoms with van der Waals surface area (Å²) in [7, 11) is 0. The zero-order valence-corrected chi connectivity index (χ0v) is 25.9. The SMILES string of the molecule is CCc1nn(-c2cccc(Oc3ccc4c5ccccc5n(-c5cc(C)ccn5)c4c3)c2)c(CC)c1-c1ccc(C)c(C)c1. The standard InChI is InChI=1S/C39H36N4O/c1-6-34-39(28-16-15-26(4)27(5)22-28)35(7-2)43(41-34)29-11-10-12-30(23-29)44-31-17-18-33-32-13-8-9-14-36(32)42(37(33)24-31)38-21-25(3)19-20-40-38/h8-24H,6-7H2,1-5H3. The van der Waals surface area contributed by atoms with Crippen LogP contribution >= 0.6 is 0 Å². The number of hydrogen-bond donors (Lipinski definition) is 0. The molecule has 44 heavy (non-hydrogen) atoms. The van der Waals surface area contributed by atoms with Gasteiger partial charge in [0.2, 0.25) is 0 Å². The predicted octanol–water partition coefficient (Wildman–Crippen LogP) is 9.87. The molecule has 0 spiro atoms. The van der Waals surface area contributed by atoms with Crippen molar-refractivity contribution in [2.45, 2.75) is 47.5 Å². The van der Waals surface area contributed by atoms with Crippen molar-refractivity contribution in [3.8, 4) is 34.1 Å². The van der Waals surface area contributed by atoms with E-state index < -0.39 is 0 Å². The number of fused-ring (bicyclic) bond motifs is 3. The molecule has 0 radical (unpaired) electrons. The van der Waals surface area contributed by atoms with Gasteiger partial charge in [-0.25, -0.2) is 9.67 Å². The van der Waals surface area contributed by atoms with Crippen LogP contribution < -0.4 is 4.74 Å². The van der Waals surface area contributed by atoms with Gasteiger partial charge in [-0.05, 0) is 98.3 Å². The van der Waals surface area contributed by atoms with E-state index in [1.807, 2.05) is 30.5 Å². The maximum absolute atomic E-state index is 6.53. The molecule has 0 aliphatic heterocycles. The molecule has 0 aliphatic carbocycles. The average Bonchev–Trinajstić information content (AvgIpc) is 3.58. The number of benzene rings is 4. The fourth-order valence-corrected chi connectivity index (χ4v) is 6.24. The van der Waals surface area contributed by atoms with E-state index in [1.54, 1.807) is 0 Å². The lowest BCUT2D eigenvalue weighted by Gasteiger charge is -2.12. The summed E-state index contributed by atoms with van der Waals surface area (Å²) in [5.41, 5.74) is 11.7. The summed E-state index contributed by atoms with van der Waals surface area (Å²) < 4.78 is 10.9. The number of aryl methyl sites for hydroxylation is 4. The normalized spacial score (nSPS) is 11.5. The first-order valence-corrected chi connectivity index (χ1v) is 15.4. The first kappa shape index (κ1) is 27.7. The number of pyridine rings is 1. The van der Waals surface area contributed by atoms with Crippen LogP contribution in [0.25, 0.3) is 44.4 Å². The van der Waals surface area contributed by atoms with E-state index in [-0.39, 0.29) is 0 Å². The molecule has 3 heterocycles. The second kappa shape index (κ2) is 11.2. The minimum absolute atomic E-state index is 0.765. The largest absolute Gasteiger partial charge is 0.457 e. The van der Waals surface area contributed by atoms with Gasteiger partial charge < -0.3 is 4.74 Å². The van der Waals surface area contributed by atoms with Crippen LogP contribution in [0.2, 0.25) is 0 Å². The van der Waals surface area contributed by atoms with Gasteiger partial charge in [-0.15, -0.1) is 0 Å². The van der Waals surface area contributed by atoms with Gasteiger partial charge in [0, 0.05) is 34.7 Å². The number of aromatic nitrogens is 4. The summed E-state index contributed by atoms with van der Waals surface area (Å²) in [6, 6.07) is 33.9. The Balaban J connectivity index is 1.29. The highest BCUT2D eigenvalue weighted by Gasteiger charge is 2.19. The topological polar surface area (TPSA) is 44.9 Å². The third kappa shape index (κ3) is 4.75. The summed E-state index contributed by atoms with van der Waals surface area (Å²) in [5, 5.41) is 7.47. The fourth-order valence-electron chi connectivity index (χ4n) is 6.24. The van der Waals surface area contributed by atoms with Crippen molar-refractivity contribution in [2.75, 3.05) is 0 Å². The molecule has 0 N–H and O–H groups in total. The van der Waals surface area contributed by atoms with Gasteiger partial charge in [0.1, 0.15) is 17.3 Å². The van der Waals surface area contributed by atoms with E-state index in [4.69, 9.17) is 14.8 Å². The van der Waals surface area contributed by atoms with Crippen LogP contribution in [0.5, 0.6) is 11.5 Å². The van der Waals surface area contributed by atoms with Crippen LogP contribution in [0.1, 0.15) is 41.9 Å². The molecule has 0 bridgehead atoms. The van der Waals surface area contributed by atoms with Crippen molar-refractivity contribution in [3.05, 3.63) is 131 Å². The van der Waals surface area contributed by atoms with Gasteiger partial charge in [0.15, 0.2) is 0 Å². The number of para-hydroxylation sites is 1. The Morgan fingerprint density at radius 1 is 0.682 bits per heavy atom. The molecule has 218 valence electrons. The Morgan fingerprint density at radius 3 is 2.30 bits per heavy atom. The highest BCUT2D eigenvalue weighted by atomic mass is 16.5. The minimum Gasteiger partial charge on any atom is -0.457 e. The molecular weight excluding hydrogens is 540 g/mol. The molecule has 4 aromatic carbocycles. The molecule has 5 heteroatoms. The summed E-state index contributed by atoms with van der Waals surface area (Å²) >= 11 is 0. The maximum Gasteiger partial charge on any atom is 0.137 e. The van der Waals surface area contributed by atoms with Crippen LogP contribution in [0.3, 0.4) is 0 Å². The molecule has 0 fully saturated rings. The van der Waals surface area contributed by atoms with E-state index in [0.717, 1.165) is 52.6 Å². The van der Waals surface area contributed by atoms with Crippen molar-refractivity contribution >= 4 is 21.8 Å². The molecule has 0 unspecified atom stereocenters. The van der Waals surface area contributed by atoms with E-state index in [2.05, 4.69) is 117 Å². The van der Waals surface area contributed by atoms with E-state index in [9.17, 15) is 0 Å². The van der Waals surface area contributed by atoms with Gasteiger partial charge in [-0.1, -0.05) is 56.3 Å². The maximum atomic E-state index is 6.53. The van der Waals surface area contributed by atoms with E-state index >= 15 is 0 Å². The van der Waals surface area contributed by atoms with E-state index in [1.165, 1.54) is 44.3 Å². The second-order valence-corrected chi connectivity index (χ2v) is 11.5. The first-order valence-electron chi connectivity index (χ1n) is 15.4. The third-order valence-electron chi connectivity index (χ3n) is 8.59. The summed E-state index contributed by atoms with van der Waals surface area (Å²) in [6.45, 7) is 10.8. The lowest BCUT2D eigenvalue weighted by molar-refractivity contribution is 0.482. The molecule has 7 rings (SSSR count). The van der Waals surface area contributed by atoms with Crippen LogP contribution in [-0.4, -0.2) is 19.3 Å². The van der Waals surface area contributed by atoms with E-state index in [0.29, 0.717) is 0 Å². The third-order valence-corrected chi connectivity index (χ3v) is 8.59. The summed E-state index contributed by atoms with van der Waals surface area (Å²) in [4.78, 5) is 4.72. The van der Waals surface area contributed by atoms with Crippen molar-refractivity contribution in [2.24, 2.45) is 0 Å². The van der Waals surface area contributed by atoms with Crippen LogP contribution in [0.4, 0.5) is 0 Å². The highest BCUT2D eigenvalue weighted by Crippen LogP contribution is 2.36. The van der Waals surface area contributed by atoms with Crippen LogP contribution in [0, 0.1) is 20.8 Å². The smallest absolute Gasteiger partial charge is 0.137 e. The number of ether oxygens (including phenoxy) is 1. The zero-order valence-electron chi connectivity index (χ0n) is 25.9. The first-order chi connectivity index (χ1) is 21.4. The molecule has 3 aromatic heterocycles. The number of hydrogen-bond acceptors (Lipinski definition) is 3. The van der Waals surface area contributed by atoms with Crippen molar-refractivity contribution in [3.63, 3.8) is 0 Å². The lowest BCUT2D eigenvalue weighted by Crippen LogP contribution is -2.02. The predicted molar refractivity (Wildman–Crippen MR) is 181 cm³/mol. The molecule has 0 atom stereocenters. The number of rotatable bonds is 7. The monoisotopic (exact) mass is 576 g/mol. The van der Waals surface area contributed by atoms with Crippen molar-refractivity contribution < 1.29 is 4.74 Å². The highest BCUT2D eigenvalue weighted by molar-refractivity contribution is 6.09. The second-order valence-electron chi connectivity index (χ2n) is 11.5.